The average Bonchev–Trinajstić information content (AvgIpc) is 2.58. The van der Waals surface area contributed by atoms with Crippen molar-refractivity contribution in [2.24, 2.45) is 0 Å². The van der Waals surface area contributed by atoms with Crippen LogP contribution in [-0.2, 0) is 14.8 Å². The van der Waals surface area contributed by atoms with Gasteiger partial charge in [-0.3, -0.25) is 0 Å². The van der Waals surface area contributed by atoms with Crippen LogP contribution in [0.3, 0.4) is 0 Å². The lowest BCUT2D eigenvalue weighted by atomic mass is 10.1. The second-order valence-electron chi connectivity index (χ2n) is 5.42. The molecule has 168 valence electrons. The molecule has 15 heteroatoms. The molecule has 1 rings (SSSR count). The monoisotopic (exact) mass is 462 g/mol. The number of benzene rings is 1. The number of nitrogens with zero attached hydrogens (tertiary/aromatic N) is 1. The molecule has 0 aliphatic heterocycles. The Hall–Kier alpha value is -1.90. The van der Waals surface area contributed by atoms with E-state index in [2.05, 4.69) is 14.2 Å². The van der Waals surface area contributed by atoms with Crippen molar-refractivity contribution in [3.8, 4) is 5.75 Å². The van der Waals surface area contributed by atoms with E-state index < -0.39 is 64.6 Å². The molecule has 0 unspecified atom stereocenters. The van der Waals surface area contributed by atoms with Gasteiger partial charge in [0.25, 0.3) is 0 Å². The molecule has 0 aliphatic carbocycles. The largest absolute Gasteiger partial charge is 0.569 e. The Bertz CT molecular complexity index is 779. The summed E-state index contributed by atoms with van der Waals surface area (Å²) in [6.07, 6.45) is 0. The third-order valence-electron chi connectivity index (χ3n) is 3.18. The van der Waals surface area contributed by atoms with E-state index in [1.165, 1.54) is 6.92 Å². The predicted molar refractivity (Wildman–Crippen MR) is 81.3 cm³/mol. The minimum Gasteiger partial charge on any atom is -0.569 e. The Labute approximate surface area is 158 Å². The van der Waals surface area contributed by atoms with Gasteiger partial charge in [0, 0.05) is 6.61 Å². The summed E-state index contributed by atoms with van der Waals surface area (Å²) < 4.78 is 150. The zero-order valence-electron chi connectivity index (χ0n) is 14.3. The zero-order chi connectivity index (χ0) is 22.7. The SMILES string of the molecule is CCOCC(F)(F)C(F)(F)C(F)(F)COc1ccc([N-]S(=O)(=O)C(F)(F)F)cc1. The summed E-state index contributed by atoms with van der Waals surface area (Å²) in [5.41, 5.74) is -6.45. The third kappa shape index (κ3) is 5.81. The topological polar surface area (TPSA) is 66.7 Å². The molecule has 0 aliphatic rings. The highest BCUT2D eigenvalue weighted by molar-refractivity contribution is 7.95. The lowest BCUT2D eigenvalue weighted by molar-refractivity contribution is -0.324. The van der Waals surface area contributed by atoms with Crippen LogP contribution in [0.1, 0.15) is 6.92 Å². The van der Waals surface area contributed by atoms with E-state index in [9.17, 15) is 47.9 Å². The molecule has 1 aromatic rings. The molecular formula is C14H13F9NO4S-. The molecule has 0 saturated carbocycles. The lowest BCUT2D eigenvalue weighted by Gasteiger charge is -2.32. The van der Waals surface area contributed by atoms with Gasteiger partial charge < -0.3 is 14.2 Å². The molecule has 0 radical (unpaired) electrons. The van der Waals surface area contributed by atoms with Gasteiger partial charge in [0.05, 0.1) is 0 Å². The summed E-state index contributed by atoms with van der Waals surface area (Å²) in [5, 5.41) is 0. The van der Waals surface area contributed by atoms with Crippen molar-refractivity contribution in [2.45, 2.75) is 30.2 Å². The molecule has 0 amide bonds. The fraction of sp³-hybridized carbons (Fsp3) is 0.571. The summed E-state index contributed by atoms with van der Waals surface area (Å²) in [4.78, 5) is 0. The lowest BCUT2D eigenvalue weighted by Crippen LogP contribution is -2.58. The van der Waals surface area contributed by atoms with Crippen molar-refractivity contribution in [2.75, 3.05) is 19.8 Å². The van der Waals surface area contributed by atoms with Gasteiger partial charge in [0.2, 0.25) is 0 Å². The molecule has 0 atom stereocenters. The summed E-state index contributed by atoms with van der Waals surface area (Å²) in [7, 11) is -5.87. The first-order chi connectivity index (χ1) is 13.0. The van der Waals surface area contributed by atoms with Crippen LogP contribution in [0.15, 0.2) is 24.3 Å². The first-order valence-corrected chi connectivity index (χ1v) is 8.89. The van der Waals surface area contributed by atoms with E-state index in [0.29, 0.717) is 24.3 Å². The number of alkyl halides is 9. The van der Waals surface area contributed by atoms with E-state index in [0.717, 1.165) is 0 Å². The maximum absolute atomic E-state index is 13.6. The van der Waals surface area contributed by atoms with Gasteiger partial charge in [-0.2, -0.15) is 39.5 Å². The maximum atomic E-state index is 13.6. The number of rotatable bonds is 10. The highest BCUT2D eigenvalue weighted by Crippen LogP contribution is 2.46. The molecule has 1 aromatic carbocycles. The fourth-order valence-electron chi connectivity index (χ4n) is 1.65. The van der Waals surface area contributed by atoms with Crippen LogP contribution in [0, 0.1) is 0 Å². The minimum atomic E-state index is -5.87. The first-order valence-electron chi connectivity index (χ1n) is 7.45. The van der Waals surface area contributed by atoms with Crippen molar-refractivity contribution in [3.63, 3.8) is 0 Å². The van der Waals surface area contributed by atoms with E-state index in [-0.39, 0.29) is 0 Å². The highest BCUT2D eigenvalue weighted by atomic mass is 32.2. The van der Waals surface area contributed by atoms with E-state index in [1.54, 1.807) is 0 Å². The van der Waals surface area contributed by atoms with Gasteiger partial charge in [-0.15, -0.1) is 5.69 Å². The Morgan fingerprint density at radius 1 is 0.862 bits per heavy atom. The quantitative estimate of drug-likeness (QED) is 0.466. The van der Waals surface area contributed by atoms with Gasteiger partial charge in [-0.25, -0.2) is 8.42 Å². The van der Waals surface area contributed by atoms with Crippen molar-refractivity contribution in [1.82, 2.24) is 0 Å². The Balaban J connectivity index is 2.84. The smallest absolute Gasteiger partial charge is 0.483 e. The molecule has 5 nitrogen and oxygen atoms in total. The molecule has 0 N–H and O–H groups in total. The first kappa shape index (κ1) is 25.1. The third-order valence-corrected chi connectivity index (χ3v) is 4.22. The van der Waals surface area contributed by atoms with Crippen LogP contribution in [0.5, 0.6) is 5.75 Å². The van der Waals surface area contributed by atoms with Gasteiger partial charge in [-0.1, -0.05) is 12.1 Å². The standard InChI is InChI=1S/C14H13F9NO4S/c1-2-27-7-11(15,16)13(19,20)12(17,18)8-28-10-5-3-9(4-6-10)24-29(25,26)14(21,22)23/h3-6H,2,7-8H2,1H3/q-1. The highest BCUT2D eigenvalue weighted by Gasteiger charge is 2.71. The van der Waals surface area contributed by atoms with Crippen LogP contribution < -0.4 is 4.74 Å². The number of hydrogen-bond donors (Lipinski definition) is 0. The van der Waals surface area contributed by atoms with Gasteiger partial charge in [0.15, 0.2) is 16.6 Å². The molecule has 0 saturated heterocycles. The van der Waals surface area contributed by atoms with Crippen molar-refractivity contribution in [1.29, 1.82) is 0 Å². The Kier molecular flexibility index (Phi) is 7.33. The number of sulfonamides is 1. The van der Waals surface area contributed by atoms with Crippen LogP contribution in [-0.4, -0.2) is 51.5 Å². The molecular weight excluding hydrogens is 449 g/mol. The average molecular weight is 462 g/mol. The van der Waals surface area contributed by atoms with Gasteiger partial charge in [0.1, 0.15) is 12.4 Å². The predicted octanol–water partition coefficient (Wildman–Crippen LogP) is 4.86. The maximum Gasteiger partial charge on any atom is 0.483 e. The molecule has 0 fully saturated rings. The second kappa shape index (κ2) is 8.45. The summed E-state index contributed by atoms with van der Waals surface area (Å²) in [5.74, 6) is -17.1. The molecule has 0 bridgehead atoms. The molecule has 0 spiro atoms. The van der Waals surface area contributed by atoms with Crippen molar-refractivity contribution < 1.29 is 57.4 Å². The van der Waals surface area contributed by atoms with Crippen LogP contribution in [0.25, 0.3) is 4.72 Å². The minimum absolute atomic E-state index is 0.421. The fourth-order valence-corrected chi connectivity index (χ4v) is 2.15. The van der Waals surface area contributed by atoms with Crippen molar-refractivity contribution in [3.05, 3.63) is 29.0 Å². The summed E-state index contributed by atoms with van der Waals surface area (Å²) >= 11 is 0. The summed E-state index contributed by atoms with van der Waals surface area (Å²) in [6, 6.07) is 2.46. The van der Waals surface area contributed by atoms with Crippen molar-refractivity contribution >= 4 is 15.7 Å². The normalized spacial score (nSPS) is 14.0. The van der Waals surface area contributed by atoms with E-state index in [4.69, 9.17) is 0 Å². The second-order valence-corrected chi connectivity index (χ2v) is 7.01. The van der Waals surface area contributed by atoms with Gasteiger partial charge >= 0.3 is 23.3 Å². The Morgan fingerprint density at radius 3 is 1.79 bits per heavy atom. The molecule has 0 aromatic heterocycles. The Morgan fingerprint density at radius 2 is 1.34 bits per heavy atom. The number of hydrogen-bond acceptors (Lipinski definition) is 4. The zero-order valence-corrected chi connectivity index (χ0v) is 15.1. The molecule has 29 heavy (non-hydrogen) atoms. The summed E-state index contributed by atoms with van der Waals surface area (Å²) in [6.45, 7) is -3.41. The van der Waals surface area contributed by atoms with E-state index in [1.807, 2.05) is 0 Å². The number of halogens is 9. The van der Waals surface area contributed by atoms with Gasteiger partial charge in [-0.05, 0) is 19.1 Å². The van der Waals surface area contributed by atoms with Crippen LogP contribution in [0.4, 0.5) is 45.2 Å². The number of ether oxygens (including phenoxy) is 2. The van der Waals surface area contributed by atoms with Crippen LogP contribution in [0.2, 0.25) is 0 Å². The van der Waals surface area contributed by atoms with Crippen LogP contribution >= 0.6 is 0 Å². The molecule has 0 heterocycles. The van der Waals surface area contributed by atoms with E-state index >= 15 is 0 Å².